The molecule has 19 heavy (non-hydrogen) atoms. The van der Waals surface area contributed by atoms with E-state index in [1.165, 1.54) is 17.5 Å². The molecule has 2 aromatic rings. The van der Waals surface area contributed by atoms with Gasteiger partial charge >= 0.3 is 0 Å². The Morgan fingerprint density at radius 2 is 2.11 bits per heavy atom. The molecule has 2 nitrogen and oxygen atoms in total. The second-order valence-corrected chi connectivity index (χ2v) is 5.41. The van der Waals surface area contributed by atoms with Crippen molar-refractivity contribution >= 4 is 0 Å². The van der Waals surface area contributed by atoms with Crippen molar-refractivity contribution in [2.45, 2.75) is 31.7 Å². The molecule has 1 aliphatic carbocycles. The zero-order valence-corrected chi connectivity index (χ0v) is 11.4. The lowest BCUT2D eigenvalue weighted by molar-refractivity contribution is 0.465. The monoisotopic (exact) mass is 255 g/mol. The third kappa shape index (κ3) is 2.74. The highest BCUT2D eigenvalue weighted by molar-refractivity contribution is 5.29. The first kappa shape index (κ1) is 12.5. The summed E-state index contributed by atoms with van der Waals surface area (Å²) in [5, 5.41) is 3.67. The van der Waals surface area contributed by atoms with Gasteiger partial charge in [0.15, 0.2) is 0 Å². The van der Waals surface area contributed by atoms with Crippen molar-refractivity contribution in [3.05, 3.63) is 60.1 Å². The molecule has 1 N–H and O–H groups in total. The van der Waals surface area contributed by atoms with Gasteiger partial charge in [0.25, 0.3) is 0 Å². The summed E-state index contributed by atoms with van der Waals surface area (Å²) >= 11 is 0. The first-order valence-electron chi connectivity index (χ1n) is 7.20. The van der Waals surface area contributed by atoms with Crippen LogP contribution in [0.2, 0.25) is 0 Å². The van der Waals surface area contributed by atoms with Crippen molar-refractivity contribution in [3.63, 3.8) is 0 Å². The van der Waals surface area contributed by atoms with Crippen LogP contribution < -0.4 is 5.32 Å². The summed E-state index contributed by atoms with van der Waals surface area (Å²) in [6.45, 7) is 3.27. The highest BCUT2D eigenvalue weighted by Crippen LogP contribution is 2.54. The van der Waals surface area contributed by atoms with Gasteiger partial charge in [-0.15, -0.1) is 0 Å². The van der Waals surface area contributed by atoms with Crippen molar-refractivity contribution < 1.29 is 4.42 Å². The normalized spacial score (nSPS) is 23.2. The van der Waals surface area contributed by atoms with Crippen LogP contribution in [0.4, 0.5) is 0 Å². The Bertz CT molecular complexity index is 491. The van der Waals surface area contributed by atoms with Gasteiger partial charge in [0.05, 0.1) is 12.5 Å². The summed E-state index contributed by atoms with van der Waals surface area (Å²) in [4.78, 5) is 0. The fourth-order valence-electron chi connectivity index (χ4n) is 2.93. The first-order chi connectivity index (χ1) is 9.40. The maximum absolute atomic E-state index is 5.25. The lowest BCUT2D eigenvalue weighted by Crippen LogP contribution is -2.24. The van der Waals surface area contributed by atoms with Gasteiger partial charge in [-0.1, -0.05) is 37.3 Å². The molecule has 0 radical (unpaired) electrons. The van der Waals surface area contributed by atoms with Gasteiger partial charge in [-0.3, -0.25) is 0 Å². The van der Waals surface area contributed by atoms with Gasteiger partial charge in [0.1, 0.15) is 0 Å². The number of benzene rings is 1. The van der Waals surface area contributed by atoms with Crippen LogP contribution in [-0.4, -0.2) is 6.54 Å². The van der Waals surface area contributed by atoms with Crippen LogP contribution in [0.5, 0.6) is 0 Å². The topological polar surface area (TPSA) is 25.2 Å². The average Bonchev–Trinajstić information content (AvgIpc) is 3.05. The first-order valence-corrected chi connectivity index (χ1v) is 7.20. The number of hydrogen-bond acceptors (Lipinski definition) is 2. The maximum Gasteiger partial charge on any atom is 0.0950 e. The highest BCUT2D eigenvalue weighted by atomic mass is 16.3. The van der Waals surface area contributed by atoms with Crippen LogP contribution in [-0.2, 0) is 0 Å². The van der Waals surface area contributed by atoms with Crippen LogP contribution in [0.25, 0.3) is 0 Å². The molecule has 1 fully saturated rings. The van der Waals surface area contributed by atoms with Gasteiger partial charge in [0.2, 0.25) is 0 Å². The fourth-order valence-corrected chi connectivity index (χ4v) is 2.93. The molecule has 1 heterocycles. The Morgan fingerprint density at radius 3 is 2.79 bits per heavy atom. The molecule has 1 aliphatic rings. The maximum atomic E-state index is 5.25. The predicted octanol–water partition coefficient (Wildman–Crippen LogP) is 4.12. The standard InChI is InChI=1S/C17H21NO/c1-2-9-18-17(14-8-10-19-12-14)16-11-15(16)13-6-4-3-5-7-13/h3-8,10,12,15-18H,2,9,11H2,1H3. The third-order valence-electron chi connectivity index (χ3n) is 4.01. The van der Waals surface area contributed by atoms with E-state index in [2.05, 4.69) is 48.6 Å². The zero-order valence-electron chi connectivity index (χ0n) is 11.4. The fraction of sp³-hybridized carbons (Fsp3) is 0.412. The molecule has 0 amide bonds. The summed E-state index contributed by atoms with van der Waals surface area (Å²) in [5.74, 6) is 1.40. The Kier molecular flexibility index (Phi) is 3.69. The van der Waals surface area contributed by atoms with E-state index in [0.29, 0.717) is 17.9 Å². The van der Waals surface area contributed by atoms with E-state index >= 15 is 0 Å². The molecule has 3 unspecified atom stereocenters. The largest absolute Gasteiger partial charge is 0.472 e. The minimum absolute atomic E-state index is 0.434. The summed E-state index contributed by atoms with van der Waals surface area (Å²) in [6, 6.07) is 13.4. The molecule has 3 atom stereocenters. The van der Waals surface area contributed by atoms with Crippen LogP contribution in [0.15, 0.2) is 53.3 Å². The van der Waals surface area contributed by atoms with E-state index in [0.717, 1.165) is 13.0 Å². The average molecular weight is 255 g/mol. The molecule has 0 bridgehead atoms. The lowest BCUT2D eigenvalue weighted by atomic mass is 10.0. The SMILES string of the molecule is CCCNC(c1ccoc1)C1CC1c1ccccc1. The van der Waals surface area contributed by atoms with Crippen molar-refractivity contribution in [3.8, 4) is 0 Å². The molecular weight excluding hydrogens is 234 g/mol. The Hall–Kier alpha value is -1.54. The molecule has 100 valence electrons. The van der Waals surface area contributed by atoms with Gasteiger partial charge < -0.3 is 9.73 Å². The highest BCUT2D eigenvalue weighted by Gasteiger charge is 2.44. The molecule has 0 saturated heterocycles. The van der Waals surface area contributed by atoms with Crippen molar-refractivity contribution in [1.82, 2.24) is 5.32 Å². The lowest BCUT2D eigenvalue weighted by Gasteiger charge is -2.17. The molecule has 0 spiro atoms. The van der Waals surface area contributed by atoms with Gasteiger partial charge in [-0.25, -0.2) is 0 Å². The Morgan fingerprint density at radius 1 is 1.26 bits per heavy atom. The molecule has 3 rings (SSSR count). The van der Waals surface area contributed by atoms with Crippen molar-refractivity contribution in [2.24, 2.45) is 5.92 Å². The van der Waals surface area contributed by atoms with E-state index in [9.17, 15) is 0 Å². The van der Waals surface area contributed by atoms with E-state index < -0.39 is 0 Å². The minimum Gasteiger partial charge on any atom is -0.472 e. The second kappa shape index (κ2) is 5.62. The minimum atomic E-state index is 0.434. The number of rotatable bonds is 6. The van der Waals surface area contributed by atoms with Crippen LogP contribution in [0.1, 0.15) is 42.9 Å². The Labute approximate surface area is 114 Å². The molecular formula is C17H21NO. The molecule has 0 aliphatic heterocycles. The van der Waals surface area contributed by atoms with E-state index in [1.54, 1.807) is 6.26 Å². The summed E-state index contributed by atoms with van der Waals surface area (Å²) in [7, 11) is 0. The number of hydrogen-bond donors (Lipinski definition) is 1. The van der Waals surface area contributed by atoms with E-state index in [1.807, 2.05) is 6.26 Å². The predicted molar refractivity (Wildman–Crippen MR) is 77.0 cm³/mol. The second-order valence-electron chi connectivity index (χ2n) is 5.41. The number of furan rings is 1. The summed E-state index contributed by atoms with van der Waals surface area (Å²) in [5.41, 5.74) is 2.76. The van der Waals surface area contributed by atoms with E-state index in [-0.39, 0.29) is 0 Å². The quantitative estimate of drug-likeness (QED) is 0.839. The van der Waals surface area contributed by atoms with Gasteiger partial charge in [-0.05, 0) is 42.9 Å². The molecule has 1 aromatic carbocycles. The van der Waals surface area contributed by atoms with Crippen molar-refractivity contribution in [2.75, 3.05) is 6.54 Å². The molecule has 2 heteroatoms. The van der Waals surface area contributed by atoms with Gasteiger partial charge in [0, 0.05) is 11.6 Å². The smallest absolute Gasteiger partial charge is 0.0950 e. The van der Waals surface area contributed by atoms with Crippen LogP contribution in [0, 0.1) is 5.92 Å². The van der Waals surface area contributed by atoms with Gasteiger partial charge in [-0.2, -0.15) is 0 Å². The third-order valence-corrected chi connectivity index (χ3v) is 4.01. The van der Waals surface area contributed by atoms with E-state index in [4.69, 9.17) is 4.42 Å². The van der Waals surface area contributed by atoms with Crippen LogP contribution >= 0.6 is 0 Å². The molecule has 1 aromatic heterocycles. The number of nitrogens with one attached hydrogen (secondary N) is 1. The molecule has 1 saturated carbocycles. The van der Waals surface area contributed by atoms with Crippen molar-refractivity contribution in [1.29, 1.82) is 0 Å². The van der Waals surface area contributed by atoms with Crippen LogP contribution in [0.3, 0.4) is 0 Å². The Balaban J connectivity index is 1.72. The zero-order chi connectivity index (χ0) is 13.1. The summed E-state index contributed by atoms with van der Waals surface area (Å²) < 4.78 is 5.25. The summed E-state index contributed by atoms with van der Waals surface area (Å²) in [6.07, 6.45) is 6.09.